The summed E-state index contributed by atoms with van der Waals surface area (Å²) in [5.74, 6) is 0. The molecule has 1 aromatic heterocycles. The van der Waals surface area contributed by atoms with Gasteiger partial charge in [-0.3, -0.25) is 0 Å². The highest BCUT2D eigenvalue weighted by Crippen LogP contribution is 2.25. The molecule has 0 radical (unpaired) electrons. The summed E-state index contributed by atoms with van der Waals surface area (Å²) in [4.78, 5) is 4.32. The van der Waals surface area contributed by atoms with Gasteiger partial charge in [0.25, 0.3) is 0 Å². The van der Waals surface area contributed by atoms with E-state index in [0.717, 1.165) is 5.52 Å². The topological polar surface area (TPSA) is 24.9 Å². The molecule has 1 aliphatic rings. The molecule has 2 aromatic rings. The van der Waals surface area contributed by atoms with Crippen molar-refractivity contribution in [2.45, 2.75) is 51.0 Å². The van der Waals surface area contributed by atoms with Crippen LogP contribution in [0.3, 0.4) is 0 Å². The Hall–Kier alpha value is -1.09. The molecule has 1 saturated carbocycles. The number of nitrogens with zero attached hydrogens (tertiary/aromatic N) is 1. The van der Waals surface area contributed by atoms with Crippen molar-refractivity contribution in [2.24, 2.45) is 0 Å². The van der Waals surface area contributed by atoms with Crippen molar-refractivity contribution >= 4 is 27.2 Å². The Balaban J connectivity index is 1.69. The first kappa shape index (κ1) is 12.0. The van der Waals surface area contributed by atoms with E-state index in [9.17, 15) is 0 Å². The average Bonchev–Trinajstić information content (AvgIpc) is 2.79. The Morgan fingerprint density at radius 3 is 2.67 bits per heavy atom. The third kappa shape index (κ3) is 2.83. The number of benzene rings is 1. The summed E-state index contributed by atoms with van der Waals surface area (Å²) in [6, 6.07) is 7.19. The van der Waals surface area contributed by atoms with Crippen LogP contribution < -0.4 is 5.32 Å². The number of rotatable bonds is 2. The second kappa shape index (κ2) is 5.70. The smallest absolute Gasteiger partial charge is 0.0813 e. The van der Waals surface area contributed by atoms with Gasteiger partial charge in [0.15, 0.2) is 0 Å². The third-order valence-corrected chi connectivity index (χ3v) is 4.60. The van der Waals surface area contributed by atoms with E-state index in [1.807, 2.05) is 5.51 Å². The second-order valence-corrected chi connectivity index (χ2v) is 6.11. The first-order valence-corrected chi connectivity index (χ1v) is 7.89. The van der Waals surface area contributed by atoms with Crippen molar-refractivity contribution < 1.29 is 0 Å². The molecule has 0 atom stereocenters. The minimum Gasteiger partial charge on any atom is -0.382 e. The van der Waals surface area contributed by atoms with Crippen LogP contribution in [0.4, 0.5) is 5.69 Å². The number of hydrogen-bond acceptors (Lipinski definition) is 3. The maximum atomic E-state index is 4.32. The number of anilines is 1. The molecule has 0 spiro atoms. The largest absolute Gasteiger partial charge is 0.382 e. The van der Waals surface area contributed by atoms with Gasteiger partial charge in [-0.15, -0.1) is 11.3 Å². The van der Waals surface area contributed by atoms with E-state index < -0.39 is 0 Å². The molecule has 0 amide bonds. The third-order valence-electron chi connectivity index (χ3n) is 3.81. The molecule has 0 bridgehead atoms. The van der Waals surface area contributed by atoms with E-state index in [1.54, 1.807) is 11.3 Å². The summed E-state index contributed by atoms with van der Waals surface area (Å²) in [6.45, 7) is 0. The molecular weight excluding hydrogens is 240 g/mol. The summed E-state index contributed by atoms with van der Waals surface area (Å²) in [7, 11) is 0. The fourth-order valence-electron chi connectivity index (χ4n) is 2.78. The Kier molecular flexibility index (Phi) is 3.79. The first-order valence-electron chi connectivity index (χ1n) is 7.01. The van der Waals surface area contributed by atoms with Crippen molar-refractivity contribution in [1.29, 1.82) is 0 Å². The van der Waals surface area contributed by atoms with Crippen LogP contribution in [0.5, 0.6) is 0 Å². The highest BCUT2D eigenvalue weighted by Gasteiger charge is 2.11. The number of aromatic nitrogens is 1. The number of nitrogens with one attached hydrogen (secondary N) is 1. The van der Waals surface area contributed by atoms with E-state index in [0.29, 0.717) is 6.04 Å². The van der Waals surface area contributed by atoms with Gasteiger partial charge < -0.3 is 5.32 Å². The van der Waals surface area contributed by atoms with E-state index in [4.69, 9.17) is 0 Å². The van der Waals surface area contributed by atoms with Crippen LogP contribution in [0.15, 0.2) is 23.7 Å². The lowest BCUT2D eigenvalue weighted by molar-refractivity contribution is 0.471. The standard InChI is InChI=1S/C15H20N2S/c1-2-4-6-12(7-5-3-1)17-13-8-9-14-15(10-13)18-11-16-14/h8-12,17H,1-7H2. The predicted octanol–water partition coefficient (Wildman–Crippen LogP) is 4.82. The van der Waals surface area contributed by atoms with Gasteiger partial charge in [0, 0.05) is 11.7 Å². The normalized spacial score (nSPS) is 18.4. The zero-order chi connectivity index (χ0) is 12.2. The lowest BCUT2D eigenvalue weighted by Gasteiger charge is -2.22. The van der Waals surface area contributed by atoms with Gasteiger partial charge in [-0.1, -0.05) is 32.1 Å². The van der Waals surface area contributed by atoms with E-state index >= 15 is 0 Å². The molecule has 1 heterocycles. The van der Waals surface area contributed by atoms with Gasteiger partial charge in [-0.05, 0) is 31.0 Å². The molecule has 3 heteroatoms. The summed E-state index contributed by atoms with van der Waals surface area (Å²) >= 11 is 1.72. The van der Waals surface area contributed by atoms with Gasteiger partial charge in [-0.2, -0.15) is 0 Å². The van der Waals surface area contributed by atoms with Crippen LogP contribution in [-0.2, 0) is 0 Å². The molecule has 0 aliphatic heterocycles. The molecule has 1 fully saturated rings. The van der Waals surface area contributed by atoms with E-state index in [1.165, 1.54) is 55.3 Å². The Morgan fingerprint density at radius 1 is 1.06 bits per heavy atom. The molecule has 0 saturated heterocycles. The van der Waals surface area contributed by atoms with Crippen LogP contribution >= 0.6 is 11.3 Å². The van der Waals surface area contributed by atoms with Crippen molar-refractivity contribution in [3.05, 3.63) is 23.7 Å². The molecule has 2 nitrogen and oxygen atoms in total. The summed E-state index contributed by atoms with van der Waals surface area (Å²) in [5, 5.41) is 3.71. The summed E-state index contributed by atoms with van der Waals surface area (Å²) in [6.07, 6.45) is 9.64. The highest BCUT2D eigenvalue weighted by atomic mass is 32.1. The molecule has 96 valence electrons. The number of hydrogen-bond donors (Lipinski definition) is 1. The number of fused-ring (bicyclic) bond motifs is 1. The number of thiazole rings is 1. The van der Waals surface area contributed by atoms with Crippen molar-refractivity contribution in [1.82, 2.24) is 4.98 Å². The fourth-order valence-corrected chi connectivity index (χ4v) is 3.50. The maximum absolute atomic E-state index is 4.32. The monoisotopic (exact) mass is 260 g/mol. The molecular formula is C15H20N2S. The van der Waals surface area contributed by atoms with Crippen molar-refractivity contribution in [3.63, 3.8) is 0 Å². The predicted molar refractivity (Wildman–Crippen MR) is 79.3 cm³/mol. The average molecular weight is 260 g/mol. The van der Waals surface area contributed by atoms with Crippen LogP contribution in [0.1, 0.15) is 44.9 Å². The molecule has 18 heavy (non-hydrogen) atoms. The quantitative estimate of drug-likeness (QED) is 0.837. The Bertz CT molecular complexity index is 498. The maximum Gasteiger partial charge on any atom is 0.0813 e. The minimum absolute atomic E-state index is 0.663. The lowest BCUT2D eigenvalue weighted by Crippen LogP contribution is -2.20. The van der Waals surface area contributed by atoms with Crippen molar-refractivity contribution in [2.75, 3.05) is 5.32 Å². The van der Waals surface area contributed by atoms with Gasteiger partial charge in [0.1, 0.15) is 0 Å². The summed E-state index contributed by atoms with van der Waals surface area (Å²) < 4.78 is 1.28. The molecule has 1 N–H and O–H groups in total. The molecule has 0 unspecified atom stereocenters. The molecule has 1 aliphatic carbocycles. The lowest BCUT2D eigenvalue weighted by atomic mass is 9.96. The highest BCUT2D eigenvalue weighted by molar-refractivity contribution is 7.16. The van der Waals surface area contributed by atoms with Gasteiger partial charge >= 0.3 is 0 Å². The second-order valence-electron chi connectivity index (χ2n) is 5.22. The van der Waals surface area contributed by atoms with Gasteiger partial charge in [-0.25, -0.2) is 4.98 Å². The Labute approximate surface area is 112 Å². The summed E-state index contributed by atoms with van der Waals surface area (Å²) in [5.41, 5.74) is 4.30. The van der Waals surface area contributed by atoms with Gasteiger partial charge in [0.2, 0.25) is 0 Å². The van der Waals surface area contributed by atoms with Gasteiger partial charge in [0.05, 0.1) is 15.7 Å². The molecule has 1 aromatic carbocycles. The first-order chi connectivity index (χ1) is 8.92. The fraction of sp³-hybridized carbons (Fsp3) is 0.533. The van der Waals surface area contributed by atoms with Crippen LogP contribution in [-0.4, -0.2) is 11.0 Å². The van der Waals surface area contributed by atoms with Crippen molar-refractivity contribution in [3.8, 4) is 0 Å². The van der Waals surface area contributed by atoms with Crippen LogP contribution in [0, 0.1) is 0 Å². The van der Waals surface area contributed by atoms with E-state index in [-0.39, 0.29) is 0 Å². The molecule has 3 rings (SSSR count). The van der Waals surface area contributed by atoms with Crippen LogP contribution in [0.25, 0.3) is 10.2 Å². The SMILES string of the molecule is c1nc2ccc(NC3CCCCCCC3)cc2s1. The van der Waals surface area contributed by atoms with E-state index in [2.05, 4.69) is 28.5 Å². The zero-order valence-electron chi connectivity index (χ0n) is 10.7. The Morgan fingerprint density at radius 2 is 1.83 bits per heavy atom. The minimum atomic E-state index is 0.663. The zero-order valence-corrected chi connectivity index (χ0v) is 11.5. The van der Waals surface area contributed by atoms with Crippen LogP contribution in [0.2, 0.25) is 0 Å².